The lowest BCUT2D eigenvalue weighted by atomic mass is 10.2. The predicted molar refractivity (Wildman–Crippen MR) is 58.6 cm³/mol. The number of rotatable bonds is 3. The molecular formula is C13H14O2. The SMILES string of the molecule is OCC#Cc1cccc(OCC2CC2)c1. The third kappa shape index (κ3) is 3.30. The van der Waals surface area contributed by atoms with E-state index in [4.69, 9.17) is 9.84 Å². The number of benzene rings is 1. The molecule has 0 heterocycles. The molecule has 1 aliphatic rings. The molecule has 0 aromatic heterocycles. The van der Waals surface area contributed by atoms with E-state index in [1.807, 2.05) is 24.3 Å². The molecule has 0 spiro atoms. The monoisotopic (exact) mass is 202 g/mol. The highest BCUT2D eigenvalue weighted by Gasteiger charge is 2.21. The summed E-state index contributed by atoms with van der Waals surface area (Å²) in [4.78, 5) is 0. The molecule has 0 aliphatic heterocycles. The zero-order valence-electron chi connectivity index (χ0n) is 8.57. The normalized spacial score (nSPS) is 14.2. The predicted octanol–water partition coefficient (Wildman–Crippen LogP) is 1.82. The molecule has 0 radical (unpaired) electrons. The van der Waals surface area contributed by atoms with Crippen LogP contribution >= 0.6 is 0 Å². The Morgan fingerprint density at radius 3 is 3.00 bits per heavy atom. The Morgan fingerprint density at radius 1 is 1.40 bits per heavy atom. The van der Waals surface area contributed by atoms with Crippen LogP contribution in [0, 0.1) is 17.8 Å². The molecule has 1 N–H and O–H groups in total. The van der Waals surface area contributed by atoms with Crippen molar-refractivity contribution in [2.75, 3.05) is 13.2 Å². The second-order valence-corrected chi connectivity index (χ2v) is 3.74. The number of hydrogen-bond donors (Lipinski definition) is 1. The van der Waals surface area contributed by atoms with E-state index in [1.165, 1.54) is 12.8 Å². The van der Waals surface area contributed by atoms with Crippen molar-refractivity contribution in [3.63, 3.8) is 0 Å². The second-order valence-electron chi connectivity index (χ2n) is 3.74. The van der Waals surface area contributed by atoms with Gasteiger partial charge < -0.3 is 9.84 Å². The summed E-state index contributed by atoms with van der Waals surface area (Å²) in [5.74, 6) is 7.11. The Morgan fingerprint density at radius 2 is 2.27 bits per heavy atom. The molecule has 15 heavy (non-hydrogen) atoms. The van der Waals surface area contributed by atoms with Crippen molar-refractivity contribution in [1.29, 1.82) is 0 Å². The molecule has 1 aromatic carbocycles. The van der Waals surface area contributed by atoms with Crippen LogP contribution in [-0.4, -0.2) is 18.3 Å². The maximum atomic E-state index is 8.58. The van der Waals surface area contributed by atoms with Gasteiger partial charge in [0.25, 0.3) is 0 Å². The molecule has 0 amide bonds. The standard InChI is InChI=1S/C13H14O2/c14-8-2-4-11-3-1-5-13(9-11)15-10-12-6-7-12/h1,3,5,9,12,14H,6-8,10H2. The fraction of sp³-hybridized carbons (Fsp3) is 0.385. The van der Waals surface area contributed by atoms with Crippen LogP contribution in [0.4, 0.5) is 0 Å². The van der Waals surface area contributed by atoms with Gasteiger partial charge in [-0.1, -0.05) is 17.9 Å². The summed E-state index contributed by atoms with van der Waals surface area (Å²) in [5.41, 5.74) is 0.886. The van der Waals surface area contributed by atoms with Crippen LogP contribution in [0.15, 0.2) is 24.3 Å². The Labute approximate surface area is 89.9 Å². The van der Waals surface area contributed by atoms with Gasteiger partial charge in [-0.2, -0.15) is 0 Å². The molecule has 78 valence electrons. The zero-order valence-corrected chi connectivity index (χ0v) is 8.57. The summed E-state index contributed by atoms with van der Waals surface area (Å²) in [7, 11) is 0. The Bertz CT molecular complexity index is 383. The molecule has 2 heteroatoms. The van der Waals surface area contributed by atoms with E-state index < -0.39 is 0 Å². The molecule has 1 saturated carbocycles. The highest BCUT2D eigenvalue weighted by molar-refractivity contribution is 5.39. The average Bonchev–Trinajstić information content (AvgIpc) is 3.08. The lowest BCUT2D eigenvalue weighted by molar-refractivity contribution is 0.299. The topological polar surface area (TPSA) is 29.5 Å². The van der Waals surface area contributed by atoms with E-state index in [0.29, 0.717) is 0 Å². The van der Waals surface area contributed by atoms with Gasteiger partial charge in [0.05, 0.1) is 6.61 Å². The van der Waals surface area contributed by atoms with Gasteiger partial charge in [0, 0.05) is 5.56 Å². The number of aliphatic hydroxyl groups excluding tert-OH is 1. The van der Waals surface area contributed by atoms with Crippen LogP contribution in [0.1, 0.15) is 18.4 Å². The van der Waals surface area contributed by atoms with E-state index in [0.717, 1.165) is 23.8 Å². The summed E-state index contributed by atoms with van der Waals surface area (Å²) in [5, 5.41) is 8.58. The lowest BCUT2D eigenvalue weighted by Gasteiger charge is -2.04. The third-order valence-electron chi connectivity index (χ3n) is 2.33. The van der Waals surface area contributed by atoms with Crippen LogP contribution in [0.3, 0.4) is 0 Å². The summed E-state index contributed by atoms with van der Waals surface area (Å²) >= 11 is 0. The Hall–Kier alpha value is -1.46. The maximum absolute atomic E-state index is 8.58. The van der Waals surface area contributed by atoms with Gasteiger partial charge in [-0.15, -0.1) is 0 Å². The van der Waals surface area contributed by atoms with Crippen LogP contribution in [-0.2, 0) is 0 Å². The molecule has 1 fully saturated rings. The largest absolute Gasteiger partial charge is 0.493 e. The molecule has 0 saturated heterocycles. The second kappa shape index (κ2) is 4.86. The quantitative estimate of drug-likeness (QED) is 0.757. The smallest absolute Gasteiger partial charge is 0.120 e. The molecule has 1 aromatic rings. The Kier molecular flexibility index (Phi) is 3.26. The first-order valence-electron chi connectivity index (χ1n) is 5.21. The van der Waals surface area contributed by atoms with Crippen molar-refractivity contribution in [3.8, 4) is 17.6 Å². The van der Waals surface area contributed by atoms with Gasteiger partial charge in [-0.05, 0) is 37.0 Å². The molecular weight excluding hydrogens is 188 g/mol. The van der Waals surface area contributed by atoms with Crippen molar-refractivity contribution >= 4 is 0 Å². The van der Waals surface area contributed by atoms with Crippen LogP contribution in [0.2, 0.25) is 0 Å². The first kappa shape index (κ1) is 10.1. The number of ether oxygens (including phenoxy) is 1. The molecule has 0 bridgehead atoms. The zero-order chi connectivity index (χ0) is 10.5. The minimum absolute atomic E-state index is 0.104. The van der Waals surface area contributed by atoms with Crippen molar-refractivity contribution in [3.05, 3.63) is 29.8 Å². The van der Waals surface area contributed by atoms with Crippen LogP contribution < -0.4 is 4.74 Å². The highest BCUT2D eigenvalue weighted by atomic mass is 16.5. The highest BCUT2D eigenvalue weighted by Crippen LogP contribution is 2.29. The van der Waals surface area contributed by atoms with Gasteiger partial charge in [-0.3, -0.25) is 0 Å². The van der Waals surface area contributed by atoms with Crippen molar-refractivity contribution in [1.82, 2.24) is 0 Å². The van der Waals surface area contributed by atoms with Gasteiger partial charge in [0.1, 0.15) is 12.4 Å². The van der Waals surface area contributed by atoms with E-state index >= 15 is 0 Å². The van der Waals surface area contributed by atoms with Gasteiger partial charge >= 0.3 is 0 Å². The molecule has 0 atom stereocenters. The summed E-state index contributed by atoms with van der Waals surface area (Å²) in [6, 6.07) is 7.67. The van der Waals surface area contributed by atoms with Gasteiger partial charge in [-0.25, -0.2) is 0 Å². The summed E-state index contributed by atoms with van der Waals surface area (Å²) in [6.07, 6.45) is 2.59. The molecule has 0 unspecified atom stereocenters. The summed E-state index contributed by atoms with van der Waals surface area (Å²) in [6.45, 7) is 0.712. The average molecular weight is 202 g/mol. The van der Waals surface area contributed by atoms with Crippen molar-refractivity contribution in [2.24, 2.45) is 5.92 Å². The third-order valence-corrected chi connectivity index (χ3v) is 2.33. The summed E-state index contributed by atoms with van der Waals surface area (Å²) < 4.78 is 5.62. The first-order chi connectivity index (χ1) is 7.38. The fourth-order valence-electron chi connectivity index (χ4n) is 1.30. The van der Waals surface area contributed by atoms with E-state index in [2.05, 4.69) is 11.8 Å². The first-order valence-corrected chi connectivity index (χ1v) is 5.21. The molecule has 2 nitrogen and oxygen atoms in total. The fourth-order valence-corrected chi connectivity index (χ4v) is 1.30. The number of aliphatic hydroxyl groups is 1. The lowest BCUT2D eigenvalue weighted by Crippen LogP contribution is -1.98. The minimum Gasteiger partial charge on any atom is -0.493 e. The van der Waals surface area contributed by atoms with Gasteiger partial charge in [0.2, 0.25) is 0 Å². The molecule has 1 aliphatic carbocycles. The molecule has 2 rings (SSSR count). The van der Waals surface area contributed by atoms with E-state index in [1.54, 1.807) is 0 Å². The van der Waals surface area contributed by atoms with E-state index in [9.17, 15) is 0 Å². The Balaban J connectivity index is 1.97. The maximum Gasteiger partial charge on any atom is 0.120 e. The van der Waals surface area contributed by atoms with Crippen molar-refractivity contribution < 1.29 is 9.84 Å². The van der Waals surface area contributed by atoms with E-state index in [-0.39, 0.29) is 6.61 Å². The van der Waals surface area contributed by atoms with Crippen LogP contribution in [0.5, 0.6) is 5.75 Å². The minimum atomic E-state index is -0.104. The number of hydrogen-bond acceptors (Lipinski definition) is 2. The van der Waals surface area contributed by atoms with Gasteiger partial charge in [0.15, 0.2) is 0 Å². The van der Waals surface area contributed by atoms with Crippen LogP contribution in [0.25, 0.3) is 0 Å². The van der Waals surface area contributed by atoms with Crippen molar-refractivity contribution in [2.45, 2.75) is 12.8 Å².